The van der Waals surface area contributed by atoms with Crippen molar-refractivity contribution in [2.24, 2.45) is 5.92 Å². The fraction of sp³-hybridized carbons (Fsp3) is 0.480. The molecule has 0 saturated carbocycles. The van der Waals surface area contributed by atoms with E-state index in [1.807, 2.05) is 73.0 Å². The number of morpholine rings is 1. The predicted molar refractivity (Wildman–Crippen MR) is 120 cm³/mol. The van der Waals surface area contributed by atoms with Gasteiger partial charge in [0, 0.05) is 37.7 Å². The van der Waals surface area contributed by atoms with E-state index in [9.17, 15) is 9.59 Å². The van der Waals surface area contributed by atoms with E-state index >= 15 is 0 Å². The molecule has 2 amide bonds. The maximum absolute atomic E-state index is 13.1. The molecule has 3 heterocycles. The van der Waals surface area contributed by atoms with Gasteiger partial charge in [-0.2, -0.15) is 0 Å². The molecule has 4 rings (SSSR count). The zero-order valence-electron chi connectivity index (χ0n) is 18.6. The molecular formula is C25H31N3O3. The lowest BCUT2D eigenvalue weighted by Gasteiger charge is -2.39. The molecule has 31 heavy (non-hydrogen) atoms. The summed E-state index contributed by atoms with van der Waals surface area (Å²) in [5.74, 6) is 0.199. The predicted octanol–water partition coefficient (Wildman–Crippen LogP) is 3.55. The third-order valence-electron chi connectivity index (χ3n) is 6.25. The fourth-order valence-corrected chi connectivity index (χ4v) is 4.67. The van der Waals surface area contributed by atoms with Gasteiger partial charge in [-0.05, 0) is 45.7 Å². The van der Waals surface area contributed by atoms with Crippen molar-refractivity contribution >= 4 is 11.8 Å². The van der Waals surface area contributed by atoms with Crippen LogP contribution in [0.2, 0.25) is 0 Å². The number of benzene rings is 1. The van der Waals surface area contributed by atoms with E-state index in [1.54, 1.807) is 0 Å². The third kappa shape index (κ3) is 4.79. The van der Waals surface area contributed by atoms with Crippen molar-refractivity contribution < 1.29 is 14.3 Å². The highest BCUT2D eigenvalue weighted by molar-refractivity contribution is 5.95. The highest BCUT2D eigenvalue weighted by Crippen LogP contribution is 2.25. The second-order valence-electron chi connectivity index (χ2n) is 8.76. The molecule has 2 unspecified atom stereocenters. The monoisotopic (exact) mass is 421 g/mol. The molecule has 0 bridgehead atoms. The summed E-state index contributed by atoms with van der Waals surface area (Å²) < 4.78 is 5.75. The zero-order valence-corrected chi connectivity index (χ0v) is 18.6. The topological polar surface area (TPSA) is 62.7 Å². The number of rotatable bonds is 3. The Morgan fingerprint density at radius 2 is 1.58 bits per heavy atom. The first-order valence-electron chi connectivity index (χ1n) is 11.2. The van der Waals surface area contributed by atoms with Crippen LogP contribution in [0.15, 0.2) is 42.5 Å². The Kier molecular flexibility index (Phi) is 6.37. The molecular weight excluding hydrogens is 390 g/mol. The first-order chi connectivity index (χ1) is 14.9. The lowest BCUT2D eigenvalue weighted by atomic mass is 9.94. The Morgan fingerprint density at radius 1 is 0.935 bits per heavy atom. The summed E-state index contributed by atoms with van der Waals surface area (Å²) in [5.41, 5.74) is 3.28. The van der Waals surface area contributed by atoms with Crippen molar-refractivity contribution in [1.82, 2.24) is 14.8 Å². The van der Waals surface area contributed by atoms with E-state index in [4.69, 9.17) is 4.74 Å². The molecule has 6 nitrogen and oxygen atoms in total. The van der Waals surface area contributed by atoms with E-state index in [1.165, 1.54) is 0 Å². The number of aryl methyl sites for hydroxylation is 1. The number of hydrogen-bond acceptors (Lipinski definition) is 4. The smallest absolute Gasteiger partial charge is 0.255 e. The number of hydrogen-bond donors (Lipinski definition) is 0. The summed E-state index contributed by atoms with van der Waals surface area (Å²) in [5, 5.41) is 0. The number of amides is 2. The van der Waals surface area contributed by atoms with Gasteiger partial charge >= 0.3 is 0 Å². The lowest BCUT2D eigenvalue weighted by Crippen LogP contribution is -2.51. The summed E-state index contributed by atoms with van der Waals surface area (Å²) in [6.45, 7) is 8.42. The average Bonchev–Trinajstić information content (AvgIpc) is 2.78. The van der Waals surface area contributed by atoms with Crippen LogP contribution in [-0.2, 0) is 9.53 Å². The van der Waals surface area contributed by atoms with Crippen LogP contribution in [-0.4, -0.2) is 65.0 Å². The summed E-state index contributed by atoms with van der Waals surface area (Å²) in [7, 11) is 0. The van der Waals surface area contributed by atoms with Gasteiger partial charge in [0.05, 0.1) is 29.2 Å². The van der Waals surface area contributed by atoms with Crippen molar-refractivity contribution in [2.75, 3.05) is 26.2 Å². The molecule has 0 radical (unpaired) electrons. The molecule has 1 aromatic carbocycles. The van der Waals surface area contributed by atoms with Crippen LogP contribution >= 0.6 is 0 Å². The van der Waals surface area contributed by atoms with Gasteiger partial charge in [-0.25, -0.2) is 0 Å². The van der Waals surface area contributed by atoms with E-state index < -0.39 is 0 Å². The van der Waals surface area contributed by atoms with Gasteiger partial charge in [0.2, 0.25) is 5.91 Å². The third-order valence-corrected chi connectivity index (χ3v) is 6.25. The normalized spacial score (nSPS) is 22.4. The van der Waals surface area contributed by atoms with Gasteiger partial charge < -0.3 is 14.5 Å². The Morgan fingerprint density at radius 3 is 2.19 bits per heavy atom. The minimum atomic E-state index is -0.0128. The van der Waals surface area contributed by atoms with E-state index in [2.05, 4.69) is 4.98 Å². The molecule has 1 aromatic heterocycles. The van der Waals surface area contributed by atoms with Gasteiger partial charge in [0.1, 0.15) is 0 Å². The minimum Gasteiger partial charge on any atom is -0.372 e. The molecule has 2 saturated heterocycles. The Hall–Kier alpha value is -2.73. The van der Waals surface area contributed by atoms with Gasteiger partial charge in [0.25, 0.3) is 5.91 Å². The van der Waals surface area contributed by atoms with Crippen molar-refractivity contribution in [3.8, 4) is 11.3 Å². The number of aromatic nitrogens is 1. The van der Waals surface area contributed by atoms with Crippen molar-refractivity contribution in [2.45, 2.75) is 45.8 Å². The fourth-order valence-electron chi connectivity index (χ4n) is 4.67. The average molecular weight is 422 g/mol. The number of likely N-dealkylation sites (tertiary alicyclic amines) is 1. The van der Waals surface area contributed by atoms with Crippen LogP contribution in [0.25, 0.3) is 11.3 Å². The molecule has 0 spiro atoms. The molecule has 2 aliphatic heterocycles. The number of carbonyl (C=O) groups is 2. The molecule has 0 aliphatic carbocycles. The lowest BCUT2D eigenvalue weighted by molar-refractivity contribution is -0.148. The SMILES string of the molecule is Cc1nc(-c2ccccc2)ccc1C(=O)N1CCC(C(=O)N2CC(C)OC(C)C2)CC1. The van der Waals surface area contributed by atoms with E-state index in [-0.39, 0.29) is 29.9 Å². The van der Waals surface area contributed by atoms with Crippen LogP contribution in [0.3, 0.4) is 0 Å². The number of carbonyl (C=O) groups excluding carboxylic acids is 2. The molecule has 164 valence electrons. The first kappa shape index (κ1) is 21.5. The second kappa shape index (κ2) is 9.18. The summed E-state index contributed by atoms with van der Waals surface area (Å²) in [6.07, 6.45) is 1.56. The zero-order chi connectivity index (χ0) is 22.0. The molecule has 2 atom stereocenters. The van der Waals surface area contributed by atoms with E-state index in [0.29, 0.717) is 44.6 Å². The first-order valence-corrected chi connectivity index (χ1v) is 11.2. The molecule has 0 N–H and O–H groups in total. The number of nitrogens with zero attached hydrogens (tertiary/aromatic N) is 3. The Labute approximate surface area is 184 Å². The summed E-state index contributed by atoms with van der Waals surface area (Å²) in [4.78, 5) is 34.5. The highest BCUT2D eigenvalue weighted by atomic mass is 16.5. The quantitative estimate of drug-likeness (QED) is 0.760. The van der Waals surface area contributed by atoms with Crippen molar-refractivity contribution in [1.29, 1.82) is 0 Å². The van der Waals surface area contributed by atoms with Gasteiger partial charge in [-0.3, -0.25) is 14.6 Å². The maximum Gasteiger partial charge on any atom is 0.255 e. The number of pyridine rings is 1. The maximum atomic E-state index is 13.1. The van der Waals surface area contributed by atoms with Crippen LogP contribution in [0.1, 0.15) is 42.7 Å². The van der Waals surface area contributed by atoms with Gasteiger partial charge in [-0.1, -0.05) is 30.3 Å². The molecule has 2 aromatic rings. The summed E-state index contributed by atoms with van der Waals surface area (Å²) >= 11 is 0. The van der Waals surface area contributed by atoms with Crippen LogP contribution in [0.5, 0.6) is 0 Å². The standard InChI is InChI=1S/C25H31N3O3/c1-17-15-28(16-18(2)31-17)24(29)21-11-13-27(14-12-21)25(30)22-9-10-23(26-19(22)3)20-7-5-4-6-8-20/h4-10,17-18,21H,11-16H2,1-3H3. The number of ether oxygens (including phenoxy) is 1. The summed E-state index contributed by atoms with van der Waals surface area (Å²) in [6, 6.07) is 13.8. The Bertz CT molecular complexity index is 928. The van der Waals surface area contributed by atoms with Gasteiger partial charge in [-0.15, -0.1) is 0 Å². The highest BCUT2D eigenvalue weighted by Gasteiger charge is 2.34. The molecule has 2 aliphatic rings. The largest absolute Gasteiger partial charge is 0.372 e. The van der Waals surface area contributed by atoms with Gasteiger partial charge in [0.15, 0.2) is 0 Å². The van der Waals surface area contributed by atoms with Crippen LogP contribution in [0, 0.1) is 12.8 Å². The minimum absolute atomic E-state index is 0.00382. The van der Waals surface area contributed by atoms with Crippen molar-refractivity contribution in [3.63, 3.8) is 0 Å². The molecule has 2 fully saturated rings. The Balaban J connectivity index is 1.38. The molecule has 6 heteroatoms. The van der Waals surface area contributed by atoms with Crippen LogP contribution < -0.4 is 0 Å². The van der Waals surface area contributed by atoms with Crippen LogP contribution in [0.4, 0.5) is 0 Å². The number of piperidine rings is 1. The van der Waals surface area contributed by atoms with Crippen molar-refractivity contribution in [3.05, 3.63) is 53.7 Å². The van der Waals surface area contributed by atoms with E-state index in [0.717, 1.165) is 17.0 Å². The second-order valence-corrected chi connectivity index (χ2v) is 8.76.